The number of nitrogens with one attached hydrogen (secondary N) is 2. The number of hydrogen-bond acceptors (Lipinski definition) is 4. The van der Waals surface area contributed by atoms with Crippen molar-refractivity contribution in [1.82, 2.24) is 25.2 Å². The van der Waals surface area contributed by atoms with Crippen molar-refractivity contribution in [2.45, 2.75) is 33.2 Å². The Morgan fingerprint density at radius 3 is 2.87 bits per heavy atom. The van der Waals surface area contributed by atoms with Crippen molar-refractivity contribution in [1.29, 1.82) is 0 Å². The van der Waals surface area contributed by atoms with Crippen LogP contribution in [0.3, 0.4) is 0 Å². The summed E-state index contributed by atoms with van der Waals surface area (Å²) in [6.07, 6.45) is 9.48. The van der Waals surface area contributed by atoms with E-state index in [2.05, 4.69) is 39.4 Å². The molecule has 0 unspecified atom stereocenters. The molecule has 2 aromatic heterocycles. The first-order valence-electron chi connectivity index (χ1n) is 7.73. The van der Waals surface area contributed by atoms with E-state index in [0.717, 1.165) is 50.0 Å². The first-order chi connectivity index (χ1) is 10.8. The zero-order valence-corrected chi connectivity index (χ0v) is 16.8. The summed E-state index contributed by atoms with van der Waals surface area (Å²) in [5.74, 6) is 0.856. The van der Waals surface area contributed by atoms with E-state index in [4.69, 9.17) is 0 Å². The molecule has 0 saturated carbocycles. The number of aliphatic imine (C=N–C) groups is 1. The molecule has 0 atom stereocenters. The van der Waals surface area contributed by atoms with Gasteiger partial charge in [0.25, 0.3) is 0 Å². The molecule has 0 bridgehead atoms. The van der Waals surface area contributed by atoms with Gasteiger partial charge in [-0.1, -0.05) is 6.92 Å². The lowest BCUT2D eigenvalue weighted by atomic mass is 10.4. The van der Waals surface area contributed by atoms with Gasteiger partial charge < -0.3 is 15.2 Å². The van der Waals surface area contributed by atoms with Gasteiger partial charge in [-0.2, -0.15) is 0 Å². The van der Waals surface area contributed by atoms with E-state index >= 15 is 0 Å². The normalized spacial score (nSPS) is 11.1. The Bertz CT molecular complexity index is 566. The molecule has 2 N–H and O–H groups in total. The minimum absolute atomic E-state index is 0. The topological polar surface area (TPSA) is 67.1 Å². The predicted molar refractivity (Wildman–Crippen MR) is 107 cm³/mol. The monoisotopic (exact) mass is 448 g/mol. The molecule has 2 heterocycles. The third-order valence-electron chi connectivity index (χ3n) is 3.11. The van der Waals surface area contributed by atoms with Crippen LogP contribution in [0.4, 0.5) is 0 Å². The second-order valence-corrected chi connectivity index (χ2v) is 6.01. The van der Waals surface area contributed by atoms with Gasteiger partial charge in [0.2, 0.25) is 0 Å². The number of hydrogen-bond donors (Lipinski definition) is 2. The van der Waals surface area contributed by atoms with E-state index in [9.17, 15) is 0 Å². The van der Waals surface area contributed by atoms with Gasteiger partial charge in [-0.05, 0) is 13.3 Å². The van der Waals surface area contributed by atoms with Crippen LogP contribution in [0.1, 0.15) is 23.7 Å². The molecule has 0 amide bonds. The smallest absolute Gasteiger partial charge is 0.191 e. The highest BCUT2D eigenvalue weighted by atomic mass is 127. The largest absolute Gasteiger partial charge is 0.357 e. The molecule has 2 aromatic rings. The molecule has 6 nitrogen and oxygen atoms in total. The Morgan fingerprint density at radius 2 is 2.22 bits per heavy atom. The van der Waals surface area contributed by atoms with Crippen LogP contribution in [0.15, 0.2) is 29.9 Å². The fraction of sp³-hybridized carbons (Fsp3) is 0.533. The minimum atomic E-state index is 0. The number of halogens is 1. The van der Waals surface area contributed by atoms with Crippen molar-refractivity contribution < 1.29 is 0 Å². The Balaban J connectivity index is 0.00000264. The second-order valence-electron chi connectivity index (χ2n) is 4.81. The maximum Gasteiger partial charge on any atom is 0.191 e. The van der Waals surface area contributed by atoms with E-state index in [1.165, 1.54) is 4.88 Å². The lowest BCUT2D eigenvalue weighted by molar-refractivity contribution is 0.662. The second kappa shape index (κ2) is 11.4. The number of aryl methyl sites for hydroxylation is 1. The molecule has 0 fully saturated rings. The minimum Gasteiger partial charge on any atom is -0.357 e. The summed E-state index contributed by atoms with van der Waals surface area (Å²) in [5.41, 5.74) is 0. The van der Waals surface area contributed by atoms with Gasteiger partial charge in [0.05, 0.1) is 11.3 Å². The summed E-state index contributed by atoms with van der Waals surface area (Å²) in [7, 11) is 0. The number of imidazole rings is 1. The van der Waals surface area contributed by atoms with Crippen LogP contribution in [0, 0.1) is 0 Å². The van der Waals surface area contributed by atoms with Crippen LogP contribution < -0.4 is 10.6 Å². The summed E-state index contributed by atoms with van der Waals surface area (Å²) in [4.78, 5) is 14.4. The maximum absolute atomic E-state index is 4.60. The van der Waals surface area contributed by atoms with Gasteiger partial charge in [0.1, 0.15) is 0 Å². The van der Waals surface area contributed by atoms with E-state index in [1.807, 2.05) is 23.3 Å². The lowest BCUT2D eigenvalue weighted by Gasteiger charge is -2.11. The predicted octanol–water partition coefficient (Wildman–Crippen LogP) is 2.32. The number of aromatic nitrogens is 3. The van der Waals surface area contributed by atoms with Crippen LogP contribution in [0.2, 0.25) is 0 Å². The highest BCUT2D eigenvalue weighted by Crippen LogP contribution is 2.13. The van der Waals surface area contributed by atoms with Crippen LogP contribution in [0.25, 0.3) is 0 Å². The van der Waals surface area contributed by atoms with Gasteiger partial charge in [-0.15, -0.1) is 35.3 Å². The summed E-state index contributed by atoms with van der Waals surface area (Å²) in [6, 6.07) is 0. The molecule has 23 heavy (non-hydrogen) atoms. The first kappa shape index (κ1) is 19.9. The third-order valence-corrected chi connectivity index (χ3v) is 4.31. The molecule has 0 aliphatic carbocycles. The average molecular weight is 448 g/mol. The Morgan fingerprint density at radius 1 is 1.35 bits per heavy atom. The molecule has 0 radical (unpaired) electrons. The zero-order chi connectivity index (χ0) is 15.6. The molecule has 2 rings (SSSR count). The van der Waals surface area contributed by atoms with Crippen molar-refractivity contribution in [3.05, 3.63) is 34.8 Å². The van der Waals surface area contributed by atoms with E-state index < -0.39 is 0 Å². The Hall–Kier alpha value is -1.16. The van der Waals surface area contributed by atoms with E-state index in [-0.39, 0.29) is 24.0 Å². The summed E-state index contributed by atoms with van der Waals surface area (Å²) in [6.45, 7) is 7.52. The number of thiazole rings is 1. The molecule has 0 aliphatic rings. The Labute approximate surface area is 158 Å². The van der Waals surface area contributed by atoms with Crippen molar-refractivity contribution >= 4 is 41.3 Å². The van der Waals surface area contributed by atoms with Crippen molar-refractivity contribution in [2.24, 2.45) is 4.99 Å². The van der Waals surface area contributed by atoms with E-state index in [1.54, 1.807) is 17.5 Å². The number of rotatable bonds is 8. The van der Waals surface area contributed by atoms with Gasteiger partial charge in [-0.25, -0.2) is 9.97 Å². The van der Waals surface area contributed by atoms with Gasteiger partial charge in [-0.3, -0.25) is 4.99 Å². The van der Waals surface area contributed by atoms with Crippen LogP contribution in [-0.2, 0) is 19.4 Å². The third kappa shape index (κ3) is 7.30. The lowest BCUT2D eigenvalue weighted by Crippen LogP contribution is -2.39. The summed E-state index contributed by atoms with van der Waals surface area (Å²) < 4.78 is 2.04. The average Bonchev–Trinajstić information content (AvgIpc) is 3.18. The molecular weight excluding hydrogens is 423 g/mol. The maximum atomic E-state index is 4.60. The molecule has 8 heteroatoms. The molecule has 128 valence electrons. The van der Waals surface area contributed by atoms with Gasteiger partial charge in [0, 0.05) is 56.1 Å². The zero-order valence-electron chi connectivity index (χ0n) is 13.7. The SMILES string of the molecule is CCNC(=NCCc1ncc(CC)s1)NCCn1ccnc1.I. The van der Waals surface area contributed by atoms with Crippen LogP contribution in [0.5, 0.6) is 0 Å². The first-order valence-corrected chi connectivity index (χ1v) is 8.55. The number of nitrogens with zero attached hydrogens (tertiary/aromatic N) is 4. The van der Waals surface area contributed by atoms with Crippen molar-refractivity contribution in [3.63, 3.8) is 0 Å². The highest BCUT2D eigenvalue weighted by molar-refractivity contribution is 14.0. The van der Waals surface area contributed by atoms with Gasteiger partial charge >= 0.3 is 0 Å². The van der Waals surface area contributed by atoms with Crippen molar-refractivity contribution in [3.8, 4) is 0 Å². The van der Waals surface area contributed by atoms with Crippen LogP contribution in [-0.4, -0.2) is 40.1 Å². The molecule has 0 saturated heterocycles. The fourth-order valence-corrected chi connectivity index (χ4v) is 2.81. The summed E-state index contributed by atoms with van der Waals surface area (Å²) >= 11 is 1.78. The molecule has 0 spiro atoms. The molecule has 0 aliphatic heterocycles. The standard InChI is InChI=1S/C15H24N6S.HI/c1-3-13-11-20-14(22-13)5-6-18-15(17-4-2)19-8-10-21-9-7-16-12-21;/h7,9,11-12H,3-6,8,10H2,1-2H3,(H2,17,18,19);1H. The van der Waals surface area contributed by atoms with Crippen LogP contribution >= 0.6 is 35.3 Å². The molecule has 0 aromatic carbocycles. The summed E-state index contributed by atoms with van der Waals surface area (Å²) in [5, 5.41) is 7.76. The molecular formula is C15H25IN6S. The highest BCUT2D eigenvalue weighted by Gasteiger charge is 2.01. The quantitative estimate of drug-likeness (QED) is 0.370. The van der Waals surface area contributed by atoms with Gasteiger partial charge in [0.15, 0.2) is 5.96 Å². The van der Waals surface area contributed by atoms with E-state index in [0.29, 0.717) is 0 Å². The van der Waals surface area contributed by atoms with Crippen molar-refractivity contribution in [2.75, 3.05) is 19.6 Å². The number of guanidine groups is 1. The fourth-order valence-electron chi connectivity index (χ4n) is 1.95. The Kier molecular flexibility index (Phi) is 9.85.